The third kappa shape index (κ3) is 5.09. The number of sulfone groups is 1. The number of halogens is 2. The smallest absolute Gasteiger partial charge is 0.149 e. The van der Waals surface area contributed by atoms with Gasteiger partial charge in [0.05, 0.1) is 5.75 Å². The Morgan fingerprint density at radius 3 is 2.50 bits per heavy atom. The van der Waals surface area contributed by atoms with E-state index in [1.165, 1.54) is 24.5 Å². The topological polar surface area (TPSA) is 46.2 Å². The summed E-state index contributed by atoms with van der Waals surface area (Å²) in [5, 5.41) is 3.59. The summed E-state index contributed by atoms with van der Waals surface area (Å²) in [5.74, 6) is -0.412. The number of hydrogen-bond acceptors (Lipinski definition) is 3. The predicted molar refractivity (Wildman–Crippen MR) is 87.1 cm³/mol. The first-order valence-electron chi connectivity index (χ1n) is 6.75. The second-order valence-corrected chi connectivity index (χ2v) is 7.76. The second kappa shape index (κ2) is 7.22. The van der Waals surface area contributed by atoms with Crippen LogP contribution >= 0.6 is 11.6 Å². The van der Waals surface area contributed by atoms with Crippen molar-refractivity contribution in [3.05, 3.63) is 70.5 Å². The van der Waals surface area contributed by atoms with Gasteiger partial charge in [-0.2, -0.15) is 0 Å². The van der Waals surface area contributed by atoms with Gasteiger partial charge >= 0.3 is 0 Å². The van der Waals surface area contributed by atoms with Crippen LogP contribution in [0.3, 0.4) is 0 Å². The van der Waals surface area contributed by atoms with Crippen LogP contribution in [-0.2, 0) is 16.4 Å². The molecule has 3 nitrogen and oxygen atoms in total. The molecule has 2 rings (SSSR count). The maximum absolute atomic E-state index is 13.3. The van der Waals surface area contributed by atoms with Gasteiger partial charge in [0, 0.05) is 23.9 Å². The zero-order chi connectivity index (χ0) is 16.2. The number of benzene rings is 2. The molecule has 22 heavy (non-hydrogen) atoms. The van der Waals surface area contributed by atoms with Crippen LogP contribution < -0.4 is 5.32 Å². The summed E-state index contributed by atoms with van der Waals surface area (Å²) in [6, 6.07) is 13.0. The fourth-order valence-electron chi connectivity index (χ4n) is 2.17. The molecule has 0 saturated carbocycles. The van der Waals surface area contributed by atoms with E-state index in [1.807, 2.05) is 30.3 Å². The van der Waals surface area contributed by atoms with Crippen LogP contribution in [-0.4, -0.2) is 20.4 Å². The van der Waals surface area contributed by atoms with Crippen molar-refractivity contribution in [2.45, 2.75) is 12.6 Å². The van der Waals surface area contributed by atoms with Crippen molar-refractivity contribution in [3.63, 3.8) is 0 Å². The summed E-state index contributed by atoms with van der Waals surface area (Å²) in [5.41, 5.74) is 1.46. The maximum atomic E-state index is 13.3. The molecule has 1 N–H and O–H groups in total. The number of nitrogens with one attached hydrogen (secondary N) is 1. The van der Waals surface area contributed by atoms with Gasteiger partial charge < -0.3 is 5.32 Å². The summed E-state index contributed by atoms with van der Waals surface area (Å²) in [7, 11) is -3.16. The van der Waals surface area contributed by atoms with Crippen molar-refractivity contribution in [1.29, 1.82) is 0 Å². The first kappa shape index (κ1) is 16.9. The summed E-state index contributed by atoms with van der Waals surface area (Å²) < 4.78 is 36.5. The lowest BCUT2D eigenvalue weighted by Gasteiger charge is -2.19. The van der Waals surface area contributed by atoms with Gasteiger partial charge in [0.2, 0.25) is 0 Å². The molecule has 0 heterocycles. The molecule has 1 atom stereocenters. The number of rotatable bonds is 6. The van der Waals surface area contributed by atoms with E-state index in [-0.39, 0.29) is 24.2 Å². The summed E-state index contributed by atoms with van der Waals surface area (Å²) in [6.45, 7) is 0.283. The van der Waals surface area contributed by atoms with E-state index in [9.17, 15) is 12.8 Å². The van der Waals surface area contributed by atoms with Crippen molar-refractivity contribution in [3.8, 4) is 0 Å². The van der Waals surface area contributed by atoms with Crippen LogP contribution in [0.4, 0.5) is 4.39 Å². The van der Waals surface area contributed by atoms with Crippen LogP contribution in [0.5, 0.6) is 0 Å². The molecule has 0 saturated heterocycles. The Hall–Kier alpha value is -1.43. The van der Waals surface area contributed by atoms with Gasteiger partial charge in [0.1, 0.15) is 15.7 Å². The van der Waals surface area contributed by atoms with Crippen LogP contribution in [0.2, 0.25) is 5.02 Å². The minimum absolute atomic E-state index is 0.0377. The van der Waals surface area contributed by atoms with Crippen molar-refractivity contribution in [1.82, 2.24) is 5.32 Å². The minimum atomic E-state index is -3.16. The Bertz CT molecular complexity index is 735. The average Bonchev–Trinajstić information content (AvgIpc) is 2.46. The third-order valence-corrected chi connectivity index (χ3v) is 4.53. The highest BCUT2D eigenvalue weighted by atomic mass is 35.5. The third-order valence-electron chi connectivity index (χ3n) is 3.22. The van der Waals surface area contributed by atoms with Gasteiger partial charge in [-0.15, -0.1) is 0 Å². The molecule has 0 aliphatic heterocycles. The zero-order valence-corrected chi connectivity index (χ0v) is 13.7. The van der Waals surface area contributed by atoms with Gasteiger partial charge in [-0.25, -0.2) is 12.8 Å². The van der Waals surface area contributed by atoms with E-state index < -0.39 is 9.84 Å². The highest BCUT2D eigenvalue weighted by Gasteiger charge is 2.17. The summed E-state index contributed by atoms with van der Waals surface area (Å²) in [6.07, 6.45) is 1.19. The molecule has 0 amide bonds. The molecular weight excluding hydrogens is 325 g/mol. The molecule has 0 spiro atoms. The quantitative estimate of drug-likeness (QED) is 0.876. The van der Waals surface area contributed by atoms with E-state index in [4.69, 9.17) is 11.6 Å². The normalized spacial score (nSPS) is 13.0. The molecule has 118 valence electrons. The molecule has 2 aromatic carbocycles. The molecule has 0 aromatic heterocycles. The monoisotopic (exact) mass is 341 g/mol. The van der Waals surface area contributed by atoms with Crippen molar-refractivity contribution in [2.24, 2.45) is 0 Å². The standard InChI is InChI=1S/C16H17ClFNO2S/c1-22(20,21)11-16(12-5-3-2-4-6-12)19-10-13-9-14(18)7-8-15(13)17/h2-9,16,19H,10-11H2,1H3/t16-/m0/s1. The minimum Gasteiger partial charge on any atom is -0.305 e. The highest BCUT2D eigenvalue weighted by Crippen LogP contribution is 2.20. The van der Waals surface area contributed by atoms with Crippen LogP contribution in [0, 0.1) is 5.82 Å². The fraction of sp³-hybridized carbons (Fsp3) is 0.250. The van der Waals surface area contributed by atoms with E-state index in [0.29, 0.717) is 10.6 Å². The van der Waals surface area contributed by atoms with Crippen LogP contribution in [0.1, 0.15) is 17.2 Å². The predicted octanol–water partition coefficient (Wildman–Crippen LogP) is 3.35. The zero-order valence-electron chi connectivity index (χ0n) is 12.1. The Morgan fingerprint density at radius 1 is 1.18 bits per heavy atom. The molecule has 0 bridgehead atoms. The van der Waals surface area contributed by atoms with Crippen molar-refractivity contribution >= 4 is 21.4 Å². The van der Waals surface area contributed by atoms with E-state index in [2.05, 4.69) is 5.32 Å². The molecule has 0 aliphatic rings. The van der Waals surface area contributed by atoms with Crippen LogP contribution in [0.15, 0.2) is 48.5 Å². The molecule has 0 unspecified atom stereocenters. The maximum Gasteiger partial charge on any atom is 0.149 e. The van der Waals surface area contributed by atoms with Gasteiger partial charge in [0.25, 0.3) is 0 Å². The molecule has 0 fully saturated rings. The molecule has 6 heteroatoms. The lowest BCUT2D eigenvalue weighted by molar-refractivity contribution is 0.548. The second-order valence-electron chi connectivity index (χ2n) is 5.17. The van der Waals surface area contributed by atoms with E-state index in [0.717, 1.165) is 5.56 Å². The Kier molecular flexibility index (Phi) is 5.56. The van der Waals surface area contributed by atoms with E-state index in [1.54, 1.807) is 0 Å². The molecule has 2 aromatic rings. The molecule has 0 aliphatic carbocycles. The van der Waals surface area contributed by atoms with Gasteiger partial charge in [0.15, 0.2) is 0 Å². The highest BCUT2D eigenvalue weighted by molar-refractivity contribution is 7.90. The fourth-order valence-corrected chi connectivity index (χ4v) is 3.27. The average molecular weight is 342 g/mol. The van der Waals surface area contributed by atoms with Crippen LogP contribution in [0.25, 0.3) is 0 Å². The number of hydrogen-bond donors (Lipinski definition) is 1. The van der Waals surface area contributed by atoms with Gasteiger partial charge in [-0.1, -0.05) is 41.9 Å². The Morgan fingerprint density at radius 2 is 1.86 bits per heavy atom. The Balaban J connectivity index is 2.18. The van der Waals surface area contributed by atoms with Gasteiger partial charge in [-0.05, 0) is 29.3 Å². The van der Waals surface area contributed by atoms with Crippen molar-refractivity contribution < 1.29 is 12.8 Å². The first-order valence-corrected chi connectivity index (χ1v) is 9.19. The lowest BCUT2D eigenvalue weighted by atomic mass is 10.1. The molecule has 0 radical (unpaired) electrons. The first-order chi connectivity index (χ1) is 10.3. The van der Waals surface area contributed by atoms with Crippen molar-refractivity contribution in [2.75, 3.05) is 12.0 Å². The van der Waals surface area contributed by atoms with E-state index >= 15 is 0 Å². The summed E-state index contributed by atoms with van der Waals surface area (Å²) >= 11 is 6.03. The summed E-state index contributed by atoms with van der Waals surface area (Å²) in [4.78, 5) is 0. The largest absolute Gasteiger partial charge is 0.305 e. The molecular formula is C16H17ClFNO2S. The lowest BCUT2D eigenvalue weighted by Crippen LogP contribution is -2.27. The Labute approximate surface area is 135 Å². The SMILES string of the molecule is CS(=O)(=O)C[C@H](NCc1cc(F)ccc1Cl)c1ccccc1. The van der Waals surface area contributed by atoms with Gasteiger partial charge in [-0.3, -0.25) is 0 Å².